The number of carboxylic acid groups (broad SMARTS) is 2. The number of hydrogen-bond acceptors (Lipinski definition) is 3. The molecule has 0 atom stereocenters. The fourth-order valence-corrected chi connectivity index (χ4v) is 1.50. The van der Waals surface area contributed by atoms with Gasteiger partial charge in [0, 0.05) is 0 Å². The van der Waals surface area contributed by atoms with Gasteiger partial charge in [0.05, 0.1) is 20.1 Å². The molecule has 9 nitrogen and oxygen atoms in total. The molecule has 0 saturated carbocycles. The zero-order chi connectivity index (χ0) is 15.1. The van der Waals surface area contributed by atoms with Gasteiger partial charge in [0.25, 0.3) is 0 Å². The van der Waals surface area contributed by atoms with Crippen LogP contribution in [0.4, 0.5) is 0 Å². The van der Waals surface area contributed by atoms with E-state index in [0.29, 0.717) is 0 Å². The van der Waals surface area contributed by atoms with E-state index in [9.17, 15) is 14.7 Å². The average molecular weight is 335 g/mol. The zero-order valence-corrected chi connectivity index (χ0v) is 13.0. The molecule has 124 valence electrons. The van der Waals surface area contributed by atoms with Gasteiger partial charge in [-0.3, -0.25) is 0 Å². The first-order chi connectivity index (χ1) is 9.36. The van der Waals surface area contributed by atoms with E-state index in [2.05, 4.69) is 0 Å². The second-order valence-corrected chi connectivity index (χ2v) is 4.27. The van der Waals surface area contributed by atoms with Gasteiger partial charge in [-0.2, -0.15) is 0 Å². The van der Waals surface area contributed by atoms with E-state index in [1.165, 1.54) is 4.57 Å². The van der Waals surface area contributed by atoms with E-state index in [1.807, 2.05) is 14.1 Å². The zero-order valence-electron chi connectivity index (χ0n) is 12.2. The van der Waals surface area contributed by atoms with Crippen molar-refractivity contribution in [2.75, 3.05) is 0 Å². The summed E-state index contributed by atoms with van der Waals surface area (Å²) in [6.45, 7) is -0.0539. The maximum Gasteiger partial charge on any atom is 0.346 e. The Morgan fingerprint density at radius 2 is 1.45 bits per heavy atom. The first-order valence-corrected chi connectivity index (χ1v) is 5.80. The number of aliphatic carboxylic acids is 2. The van der Waals surface area contributed by atoms with Crippen molar-refractivity contribution in [1.82, 2.24) is 9.13 Å². The second kappa shape index (κ2) is 10.4. The average Bonchev–Trinajstić information content (AvgIpc) is 2.87. The molecule has 2 rings (SSSR count). The summed E-state index contributed by atoms with van der Waals surface area (Å²) < 4.78 is 6.70. The number of carbonyl (C=O) groups excluding carboxylic acids is 1. The number of hydrogen-bond donors (Lipinski definition) is 1. The smallest absolute Gasteiger partial charge is 0.346 e. The standard InChI is InChI=1S/2C6H8N2O2.ClH.H2O/c2*1-7-2-3-8(5-7)4-6(9)10;;/h2*2-3,5H,4H2,1H3;1H;1H2. The second-order valence-electron chi connectivity index (χ2n) is 4.27. The Hall–Kier alpha value is -2.39. The van der Waals surface area contributed by atoms with Crippen LogP contribution < -0.4 is 26.6 Å². The minimum atomic E-state index is -1.07. The Bertz CT molecular complexity index is 544. The Morgan fingerprint density at radius 3 is 1.73 bits per heavy atom. The van der Waals surface area contributed by atoms with Crippen LogP contribution >= 0.6 is 0 Å². The molecule has 0 aromatic carbocycles. The van der Waals surface area contributed by atoms with Crippen LogP contribution in [0.3, 0.4) is 0 Å². The summed E-state index contributed by atoms with van der Waals surface area (Å²) in [4.78, 5) is 20.2. The van der Waals surface area contributed by atoms with Crippen molar-refractivity contribution >= 4 is 11.9 Å². The molecule has 0 amide bonds. The van der Waals surface area contributed by atoms with E-state index in [-0.39, 0.29) is 31.0 Å². The SMILES string of the molecule is C[n+]1ccn(CC(=O)O)c1.C[n+]1ccn(CC(=O)[O-])c1.O.[Cl-]. The van der Waals surface area contributed by atoms with Crippen molar-refractivity contribution in [2.24, 2.45) is 14.1 Å². The lowest BCUT2D eigenvalue weighted by Gasteiger charge is -1.94. The number of imidazole rings is 2. The molecule has 0 unspecified atom stereocenters. The summed E-state index contributed by atoms with van der Waals surface area (Å²) in [5, 5.41) is 18.4. The van der Waals surface area contributed by atoms with Gasteiger partial charge < -0.3 is 32.9 Å². The molecular weight excluding hydrogens is 316 g/mol. The van der Waals surface area contributed by atoms with E-state index in [1.54, 1.807) is 51.1 Å². The van der Waals surface area contributed by atoms with Gasteiger partial charge in [0.15, 0.2) is 6.54 Å². The number of rotatable bonds is 4. The molecular formula is C12H19ClN4O5. The largest absolute Gasteiger partial charge is 1.00 e. The molecule has 0 aliphatic rings. The fourth-order valence-electron chi connectivity index (χ4n) is 1.50. The molecule has 0 fully saturated rings. The third kappa shape index (κ3) is 8.72. The van der Waals surface area contributed by atoms with Crippen molar-refractivity contribution < 1.29 is 46.8 Å². The fraction of sp³-hybridized carbons (Fsp3) is 0.333. The Balaban J connectivity index is 0. The normalized spacial score (nSPS) is 8.82. The molecule has 2 aromatic rings. The molecule has 10 heteroatoms. The lowest BCUT2D eigenvalue weighted by Crippen LogP contribution is -3.00. The summed E-state index contributed by atoms with van der Waals surface area (Å²) in [5.41, 5.74) is 0. The van der Waals surface area contributed by atoms with Crippen molar-refractivity contribution in [1.29, 1.82) is 0 Å². The van der Waals surface area contributed by atoms with Crippen LogP contribution in [0.5, 0.6) is 0 Å². The van der Waals surface area contributed by atoms with Crippen LogP contribution in [-0.4, -0.2) is 31.7 Å². The lowest BCUT2D eigenvalue weighted by molar-refractivity contribution is -0.671. The third-order valence-corrected chi connectivity index (χ3v) is 2.28. The predicted octanol–water partition coefficient (Wildman–Crippen LogP) is -6.36. The van der Waals surface area contributed by atoms with Gasteiger partial charge in [0.2, 0.25) is 12.7 Å². The van der Waals surface area contributed by atoms with Gasteiger partial charge in [-0.1, -0.05) is 0 Å². The minimum Gasteiger partial charge on any atom is -1.00 e. The first kappa shape index (κ1) is 21.9. The molecule has 0 aliphatic heterocycles. The van der Waals surface area contributed by atoms with Crippen molar-refractivity contribution in [3.8, 4) is 0 Å². The number of nitrogens with zero attached hydrogens (tertiary/aromatic N) is 4. The maximum atomic E-state index is 10.1. The molecule has 3 N–H and O–H groups in total. The number of halogens is 1. The van der Waals surface area contributed by atoms with Gasteiger partial charge in [-0.05, 0) is 0 Å². The number of aryl methyl sites for hydroxylation is 2. The van der Waals surface area contributed by atoms with E-state index in [4.69, 9.17) is 5.11 Å². The first-order valence-electron chi connectivity index (χ1n) is 5.80. The number of carboxylic acids is 2. The highest BCUT2D eigenvalue weighted by atomic mass is 35.5. The van der Waals surface area contributed by atoms with Gasteiger partial charge in [0.1, 0.15) is 31.3 Å². The molecule has 0 bridgehead atoms. The summed E-state index contributed by atoms with van der Waals surface area (Å²) >= 11 is 0. The van der Waals surface area contributed by atoms with Gasteiger partial charge >= 0.3 is 5.97 Å². The molecule has 0 saturated heterocycles. The van der Waals surface area contributed by atoms with Crippen LogP contribution in [-0.2, 0) is 36.8 Å². The maximum absolute atomic E-state index is 10.1. The van der Waals surface area contributed by atoms with E-state index in [0.717, 1.165) is 0 Å². The van der Waals surface area contributed by atoms with Crippen molar-refractivity contribution in [3.63, 3.8) is 0 Å². The monoisotopic (exact) mass is 334 g/mol. The molecule has 0 spiro atoms. The Kier molecular flexibility index (Phi) is 10.3. The number of carbonyl (C=O) groups is 2. The van der Waals surface area contributed by atoms with Crippen LogP contribution in [0.15, 0.2) is 37.4 Å². The predicted molar refractivity (Wildman–Crippen MR) is 67.5 cm³/mol. The summed E-state index contributed by atoms with van der Waals surface area (Å²) in [5.74, 6) is -1.90. The minimum absolute atomic E-state index is 0. The topological polar surface area (TPSA) is 127 Å². The van der Waals surface area contributed by atoms with Gasteiger partial charge in [-0.15, -0.1) is 0 Å². The van der Waals surface area contributed by atoms with Crippen LogP contribution in [0.1, 0.15) is 0 Å². The van der Waals surface area contributed by atoms with Gasteiger partial charge in [-0.25, -0.2) is 23.1 Å². The highest BCUT2D eigenvalue weighted by molar-refractivity contribution is 5.66. The van der Waals surface area contributed by atoms with Crippen LogP contribution in [0.2, 0.25) is 0 Å². The van der Waals surface area contributed by atoms with Crippen molar-refractivity contribution in [2.45, 2.75) is 13.1 Å². The highest BCUT2D eigenvalue weighted by Crippen LogP contribution is 1.82. The van der Waals surface area contributed by atoms with Crippen LogP contribution in [0.25, 0.3) is 0 Å². The summed E-state index contributed by atoms with van der Waals surface area (Å²) in [7, 11) is 3.67. The lowest BCUT2D eigenvalue weighted by atomic mass is 10.6. The molecule has 2 aromatic heterocycles. The third-order valence-electron chi connectivity index (χ3n) is 2.28. The van der Waals surface area contributed by atoms with Crippen molar-refractivity contribution in [3.05, 3.63) is 37.4 Å². The van der Waals surface area contributed by atoms with E-state index < -0.39 is 11.9 Å². The molecule has 0 aliphatic carbocycles. The quantitative estimate of drug-likeness (QED) is 0.558. The Labute approximate surface area is 133 Å². The summed E-state index contributed by atoms with van der Waals surface area (Å²) in [6, 6.07) is 0. The number of aromatic nitrogens is 4. The van der Waals surface area contributed by atoms with E-state index >= 15 is 0 Å². The van der Waals surface area contributed by atoms with Crippen LogP contribution in [0, 0.1) is 0 Å². The Morgan fingerprint density at radius 1 is 1.05 bits per heavy atom. The molecule has 0 radical (unpaired) electrons. The molecule has 2 heterocycles. The summed E-state index contributed by atoms with van der Waals surface area (Å²) in [6.07, 6.45) is 10.3. The highest BCUT2D eigenvalue weighted by Gasteiger charge is 2.03. The molecule has 22 heavy (non-hydrogen) atoms.